The normalized spacial score (nSPS) is 18.8. The second-order valence-electron chi connectivity index (χ2n) is 5.59. The summed E-state index contributed by atoms with van der Waals surface area (Å²) in [5, 5.41) is 7.62. The van der Waals surface area contributed by atoms with Gasteiger partial charge < -0.3 is 10.6 Å². The van der Waals surface area contributed by atoms with Crippen LogP contribution >= 0.6 is 11.3 Å². The van der Waals surface area contributed by atoms with Gasteiger partial charge in [0.25, 0.3) is 0 Å². The maximum Gasteiger partial charge on any atom is 0.191 e. The predicted octanol–water partition coefficient (Wildman–Crippen LogP) is 0.155. The highest BCUT2D eigenvalue weighted by molar-refractivity contribution is 7.91. The Morgan fingerprint density at radius 1 is 1.30 bits per heavy atom. The average Bonchev–Trinajstić information content (AvgIpc) is 2.82. The maximum atomic E-state index is 11.4. The van der Waals surface area contributed by atoms with Gasteiger partial charge in [-0.15, -0.1) is 11.3 Å². The van der Waals surface area contributed by atoms with E-state index in [-0.39, 0.29) is 11.5 Å². The van der Waals surface area contributed by atoms with Crippen molar-refractivity contribution in [1.82, 2.24) is 20.5 Å². The molecular weight excluding hydrogens is 334 g/mol. The Morgan fingerprint density at radius 2 is 2.00 bits per heavy atom. The number of hydrogen-bond acceptors (Lipinski definition) is 6. The Balaban J connectivity index is 1.70. The molecule has 2 rings (SSSR count). The van der Waals surface area contributed by atoms with Gasteiger partial charge in [0.15, 0.2) is 15.8 Å². The van der Waals surface area contributed by atoms with E-state index >= 15 is 0 Å². The molecule has 2 N–H and O–H groups in total. The molecule has 0 spiro atoms. The highest BCUT2D eigenvalue weighted by Gasteiger charge is 2.20. The lowest BCUT2D eigenvalue weighted by molar-refractivity contribution is 0.299. The molecule has 0 aliphatic carbocycles. The molecule has 0 saturated carbocycles. The lowest BCUT2D eigenvalue weighted by Crippen LogP contribution is -2.45. The van der Waals surface area contributed by atoms with E-state index in [0.29, 0.717) is 19.6 Å². The molecule has 0 atom stereocenters. The fraction of sp³-hybridized carbons (Fsp3) is 0.714. The summed E-state index contributed by atoms with van der Waals surface area (Å²) in [6, 6.07) is 0. The Kier molecular flexibility index (Phi) is 6.37. The monoisotopic (exact) mass is 359 g/mol. The number of hydrogen-bond donors (Lipinski definition) is 2. The Morgan fingerprint density at radius 3 is 2.57 bits per heavy atom. The molecule has 1 fully saturated rings. The zero-order valence-electron chi connectivity index (χ0n) is 13.9. The topological polar surface area (TPSA) is 86.7 Å². The third-order valence-corrected chi connectivity index (χ3v) is 6.48. The quantitative estimate of drug-likeness (QED) is 0.575. The lowest BCUT2D eigenvalue weighted by Gasteiger charge is -2.26. The van der Waals surface area contributed by atoms with Crippen molar-refractivity contribution in [2.24, 2.45) is 4.99 Å². The third-order valence-electron chi connectivity index (χ3n) is 3.80. The van der Waals surface area contributed by atoms with Gasteiger partial charge in [-0.05, 0) is 13.8 Å². The molecule has 1 aliphatic heterocycles. The van der Waals surface area contributed by atoms with Crippen molar-refractivity contribution in [2.75, 3.05) is 44.7 Å². The van der Waals surface area contributed by atoms with Crippen LogP contribution in [-0.4, -0.2) is 69.0 Å². The molecule has 0 bridgehead atoms. The lowest BCUT2D eigenvalue weighted by atomic mass is 10.4. The molecule has 0 radical (unpaired) electrons. The van der Waals surface area contributed by atoms with Gasteiger partial charge in [-0.3, -0.25) is 9.89 Å². The van der Waals surface area contributed by atoms with Crippen molar-refractivity contribution < 1.29 is 8.42 Å². The molecule has 7 nitrogen and oxygen atoms in total. The van der Waals surface area contributed by atoms with Crippen LogP contribution in [0.5, 0.6) is 0 Å². The van der Waals surface area contributed by atoms with Crippen LogP contribution in [-0.2, 0) is 16.4 Å². The molecule has 1 aromatic heterocycles. The predicted molar refractivity (Wildman–Crippen MR) is 94.9 cm³/mol. The van der Waals surface area contributed by atoms with Gasteiger partial charge in [-0.25, -0.2) is 13.4 Å². The highest BCUT2D eigenvalue weighted by atomic mass is 32.2. The van der Waals surface area contributed by atoms with Gasteiger partial charge in [0.05, 0.1) is 28.8 Å². The van der Waals surface area contributed by atoms with Crippen LogP contribution in [0.15, 0.2) is 4.99 Å². The Labute approximate surface area is 142 Å². The first-order chi connectivity index (χ1) is 10.9. The number of rotatable bonds is 5. The van der Waals surface area contributed by atoms with Gasteiger partial charge >= 0.3 is 0 Å². The number of thiazole rings is 1. The van der Waals surface area contributed by atoms with Crippen LogP contribution in [0.3, 0.4) is 0 Å². The SMILES string of the molecule is CN=C(NCCN1CCS(=O)(=O)CC1)NCc1sc(C)nc1C. The summed E-state index contributed by atoms with van der Waals surface area (Å²) < 4.78 is 22.8. The van der Waals surface area contributed by atoms with Gasteiger partial charge in [-0.2, -0.15) is 0 Å². The molecule has 1 aliphatic rings. The van der Waals surface area contributed by atoms with Crippen molar-refractivity contribution >= 4 is 27.1 Å². The number of aromatic nitrogens is 1. The Bertz CT molecular complexity index is 640. The summed E-state index contributed by atoms with van der Waals surface area (Å²) in [6.07, 6.45) is 0. The number of guanidine groups is 1. The molecule has 23 heavy (non-hydrogen) atoms. The first kappa shape index (κ1) is 18.2. The zero-order valence-corrected chi connectivity index (χ0v) is 15.6. The maximum absolute atomic E-state index is 11.4. The minimum atomic E-state index is -2.81. The fourth-order valence-electron chi connectivity index (χ4n) is 2.43. The van der Waals surface area contributed by atoms with Crippen molar-refractivity contribution in [3.63, 3.8) is 0 Å². The van der Waals surface area contributed by atoms with Crippen molar-refractivity contribution in [1.29, 1.82) is 0 Å². The number of sulfone groups is 1. The summed E-state index contributed by atoms with van der Waals surface area (Å²) in [6.45, 7) is 7.52. The second-order valence-corrected chi connectivity index (χ2v) is 9.18. The molecule has 1 saturated heterocycles. The van der Waals surface area contributed by atoms with Gasteiger partial charge in [0, 0.05) is 38.1 Å². The largest absolute Gasteiger partial charge is 0.355 e. The highest BCUT2D eigenvalue weighted by Crippen LogP contribution is 2.16. The molecule has 1 aromatic rings. The fourth-order valence-corrected chi connectivity index (χ4v) is 4.58. The standard InChI is InChI=1S/C14H25N5O2S2/c1-11-13(22-12(2)18-11)10-17-14(15-3)16-4-5-19-6-8-23(20,21)9-7-19/h4-10H2,1-3H3,(H2,15,16,17). The van der Waals surface area contributed by atoms with E-state index in [1.54, 1.807) is 18.4 Å². The van der Waals surface area contributed by atoms with Crippen molar-refractivity contribution in [3.8, 4) is 0 Å². The molecular formula is C14H25N5O2S2. The number of aliphatic imine (C=N–C) groups is 1. The number of nitrogens with one attached hydrogen (secondary N) is 2. The number of aryl methyl sites for hydroxylation is 2. The molecule has 0 amide bonds. The van der Waals surface area contributed by atoms with Crippen LogP contribution in [0.25, 0.3) is 0 Å². The van der Waals surface area contributed by atoms with Gasteiger partial charge in [-0.1, -0.05) is 0 Å². The average molecular weight is 360 g/mol. The molecule has 9 heteroatoms. The van der Waals surface area contributed by atoms with E-state index in [1.807, 2.05) is 13.8 Å². The zero-order chi connectivity index (χ0) is 16.9. The van der Waals surface area contributed by atoms with E-state index in [1.165, 1.54) is 4.88 Å². The van der Waals surface area contributed by atoms with Crippen LogP contribution in [0.4, 0.5) is 0 Å². The van der Waals surface area contributed by atoms with E-state index < -0.39 is 9.84 Å². The van der Waals surface area contributed by atoms with Crippen molar-refractivity contribution in [2.45, 2.75) is 20.4 Å². The summed E-state index contributed by atoms with van der Waals surface area (Å²) in [4.78, 5) is 12.0. The third kappa shape index (κ3) is 5.74. The molecule has 2 heterocycles. The summed E-state index contributed by atoms with van der Waals surface area (Å²) in [5.41, 5.74) is 1.06. The van der Waals surface area contributed by atoms with Gasteiger partial charge in [0.1, 0.15) is 0 Å². The van der Waals surface area contributed by atoms with E-state index in [9.17, 15) is 8.42 Å². The van der Waals surface area contributed by atoms with E-state index in [4.69, 9.17) is 0 Å². The van der Waals surface area contributed by atoms with E-state index in [2.05, 4.69) is 25.5 Å². The van der Waals surface area contributed by atoms with Crippen LogP contribution in [0, 0.1) is 13.8 Å². The van der Waals surface area contributed by atoms with Crippen LogP contribution in [0.1, 0.15) is 15.6 Å². The number of nitrogens with zero attached hydrogens (tertiary/aromatic N) is 3. The van der Waals surface area contributed by atoms with E-state index in [0.717, 1.165) is 29.8 Å². The minimum Gasteiger partial charge on any atom is -0.355 e. The smallest absolute Gasteiger partial charge is 0.191 e. The second kappa shape index (κ2) is 8.07. The summed E-state index contributed by atoms with van der Waals surface area (Å²) in [5.74, 6) is 1.29. The molecule has 130 valence electrons. The Hall–Kier alpha value is -1.19. The van der Waals surface area contributed by atoms with Crippen LogP contribution in [0.2, 0.25) is 0 Å². The molecule has 0 unspecified atom stereocenters. The minimum absolute atomic E-state index is 0.268. The first-order valence-electron chi connectivity index (χ1n) is 7.70. The van der Waals surface area contributed by atoms with Crippen molar-refractivity contribution in [3.05, 3.63) is 15.6 Å². The first-order valence-corrected chi connectivity index (χ1v) is 10.3. The summed E-state index contributed by atoms with van der Waals surface area (Å²) in [7, 11) is -1.06. The summed E-state index contributed by atoms with van der Waals surface area (Å²) >= 11 is 1.69. The van der Waals surface area contributed by atoms with Crippen LogP contribution < -0.4 is 10.6 Å². The van der Waals surface area contributed by atoms with Gasteiger partial charge in [0.2, 0.25) is 0 Å². The molecule has 0 aromatic carbocycles.